The number of rotatable bonds is 7. The minimum atomic E-state index is -0.422. The maximum absolute atomic E-state index is 12.6. The Morgan fingerprint density at radius 1 is 1.33 bits per heavy atom. The molecule has 0 fully saturated rings. The van der Waals surface area contributed by atoms with Gasteiger partial charge in [0.15, 0.2) is 0 Å². The summed E-state index contributed by atoms with van der Waals surface area (Å²) in [6.07, 6.45) is 1.66. The average Bonchev–Trinajstić information content (AvgIpc) is 2.88. The molecule has 0 aliphatic rings. The van der Waals surface area contributed by atoms with E-state index >= 15 is 0 Å². The van der Waals surface area contributed by atoms with Crippen molar-refractivity contribution in [3.8, 4) is 6.07 Å². The van der Waals surface area contributed by atoms with Crippen LogP contribution < -0.4 is 5.32 Å². The summed E-state index contributed by atoms with van der Waals surface area (Å²) < 4.78 is 7.38. The van der Waals surface area contributed by atoms with Gasteiger partial charge in [-0.1, -0.05) is 32.0 Å². The van der Waals surface area contributed by atoms with E-state index in [1.165, 1.54) is 0 Å². The molecule has 5 nitrogen and oxygen atoms in total. The fourth-order valence-corrected chi connectivity index (χ4v) is 3.04. The minimum absolute atomic E-state index is 0.0759. The number of aryl methyl sites for hydroxylation is 1. The van der Waals surface area contributed by atoms with Gasteiger partial charge in [-0.25, -0.2) is 0 Å². The molecule has 0 aliphatic carbocycles. The Morgan fingerprint density at radius 2 is 2.04 bits per heavy atom. The molecule has 1 aromatic heterocycles. The average molecular weight is 365 g/mol. The molecule has 0 spiro atoms. The third-order valence-electron chi connectivity index (χ3n) is 4.39. The van der Waals surface area contributed by atoms with Gasteiger partial charge in [-0.15, -0.1) is 0 Å². The summed E-state index contributed by atoms with van der Waals surface area (Å²) in [7, 11) is 1.60. The third-order valence-corrected chi connectivity index (χ3v) is 4.39. The zero-order chi connectivity index (χ0) is 20.0. The molecule has 1 heterocycles. The van der Waals surface area contributed by atoms with Gasteiger partial charge in [0, 0.05) is 36.3 Å². The Labute approximate surface area is 161 Å². The number of nitrogens with zero attached hydrogens (tertiary/aromatic N) is 2. The lowest BCUT2D eigenvalue weighted by atomic mass is 10.1. The maximum Gasteiger partial charge on any atom is 0.266 e. The number of nitriles is 1. The number of para-hydroxylation sites is 1. The van der Waals surface area contributed by atoms with E-state index in [1.807, 2.05) is 44.2 Å². The molecule has 1 N–H and O–H groups in total. The Hall–Kier alpha value is -2.84. The second kappa shape index (κ2) is 9.20. The summed E-state index contributed by atoms with van der Waals surface area (Å²) in [4.78, 5) is 12.6. The van der Waals surface area contributed by atoms with Gasteiger partial charge < -0.3 is 14.6 Å². The minimum Gasteiger partial charge on any atom is -0.380 e. The first-order valence-electron chi connectivity index (χ1n) is 9.04. The van der Waals surface area contributed by atoms with Crippen LogP contribution in [0.3, 0.4) is 0 Å². The third kappa shape index (κ3) is 5.08. The summed E-state index contributed by atoms with van der Waals surface area (Å²) in [5, 5.41) is 12.3. The van der Waals surface area contributed by atoms with E-state index in [9.17, 15) is 10.1 Å². The zero-order valence-electron chi connectivity index (χ0n) is 16.7. The Morgan fingerprint density at radius 3 is 2.67 bits per heavy atom. The van der Waals surface area contributed by atoms with E-state index < -0.39 is 5.91 Å². The van der Waals surface area contributed by atoms with E-state index in [0.717, 1.165) is 29.1 Å². The second-order valence-corrected chi connectivity index (χ2v) is 7.05. The van der Waals surface area contributed by atoms with Crippen molar-refractivity contribution >= 4 is 17.7 Å². The van der Waals surface area contributed by atoms with Crippen molar-refractivity contribution < 1.29 is 9.53 Å². The van der Waals surface area contributed by atoms with Crippen LogP contribution in [0.4, 0.5) is 5.69 Å². The fraction of sp³-hybridized carbons (Fsp3) is 0.364. The molecule has 0 saturated heterocycles. The fourth-order valence-electron chi connectivity index (χ4n) is 3.04. The molecule has 2 aromatic rings. The van der Waals surface area contributed by atoms with Crippen molar-refractivity contribution in [2.45, 2.75) is 40.8 Å². The van der Waals surface area contributed by atoms with Gasteiger partial charge in [0.1, 0.15) is 11.6 Å². The first-order valence-corrected chi connectivity index (χ1v) is 9.04. The first-order chi connectivity index (χ1) is 12.9. The van der Waals surface area contributed by atoms with Gasteiger partial charge in [-0.2, -0.15) is 5.26 Å². The van der Waals surface area contributed by atoms with Crippen LogP contribution in [0.25, 0.3) is 6.08 Å². The lowest BCUT2D eigenvalue weighted by Gasteiger charge is -2.12. The number of anilines is 1. The van der Waals surface area contributed by atoms with Gasteiger partial charge in [0.05, 0.1) is 6.61 Å². The van der Waals surface area contributed by atoms with Gasteiger partial charge in [-0.05, 0) is 43.5 Å². The van der Waals surface area contributed by atoms with E-state index in [0.29, 0.717) is 18.2 Å². The van der Waals surface area contributed by atoms with Gasteiger partial charge in [-0.3, -0.25) is 4.79 Å². The molecule has 0 bridgehead atoms. The van der Waals surface area contributed by atoms with Crippen LogP contribution in [0.1, 0.15) is 36.4 Å². The zero-order valence-corrected chi connectivity index (χ0v) is 16.7. The molecular weight excluding hydrogens is 338 g/mol. The summed E-state index contributed by atoms with van der Waals surface area (Å²) >= 11 is 0. The monoisotopic (exact) mass is 365 g/mol. The highest BCUT2D eigenvalue weighted by Crippen LogP contribution is 2.21. The number of amides is 1. The molecule has 0 aliphatic heterocycles. The van der Waals surface area contributed by atoms with E-state index in [1.54, 1.807) is 19.3 Å². The van der Waals surface area contributed by atoms with E-state index in [2.05, 4.69) is 23.7 Å². The summed E-state index contributed by atoms with van der Waals surface area (Å²) in [5.74, 6) is 0.0948. The van der Waals surface area contributed by atoms with Crippen molar-refractivity contribution in [3.63, 3.8) is 0 Å². The molecule has 1 aromatic carbocycles. The number of methoxy groups -OCH3 is 1. The highest BCUT2D eigenvalue weighted by Gasteiger charge is 2.14. The lowest BCUT2D eigenvalue weighted by molar-refractivity contribution is -0.112. The number of carbonyl (C=O) groups excluding carboxylic acids is 1. The number of aromatic nitrogens is 1. The van der Waals surface area contributed by atoms with Crippen LogP contribution in [-0.2, 0) is 22.7 Å². The number of hydrogen-bond donors (Lipinski definition) is 1. The molecule has 27 heavy (non-hydrogen) atoms. The SMILES string of the molecule is COCc1ccccc1NC(=O)/C(C#N)=C/c1cc(C)n(CC(C)C)c1C. The number of ether oxygens (including phenoxy) is 1. The van der Waals surface area contributed by atoms with E-state index in [4.69, 9.17) is 4.74 Å². The molecule has 142 valence electrons. The molecule has 0 atom stereocenters. The van der Waals surface area contributed by atoms with Gasteiger partial charge >= 0.3 is 0 Å². The number of nitrogens with one attached hydrogen (secondary N) is 1. The molecule has 2 rings (SSSR count). The molecular formula is C22H27N3O2. The van der Waals surface area contributed by atoms with Gasteiger partial charge in [0.25, 0.3) is 5.91 Å². The smallest absolute Gasteiger partial charge is 0.266 e. The number of benzene rings is 1. The predicted octanol–water partition coefficient (Wildman–Crippen LogP) is 4.45. The van der Waals surface area contributed by atoms with Crippen LogP contribution in [0.15, 0.2) is 35.9 Å². The van der Waals surface area contributed by atoms with Crippen LogP contribution in [0.5, 0.6) is 0 Å². The quantitative estimate of drug-likeness (QED) is 0.582. The van der Waals surface area contributed by atoms with Crippen molar-refractivity contribution in [3.05, 3.63) is 58.4 Å². The highest BCUT2D eigenvalue weighted by atomic mass is 16.5. The lowest BCUT2D eigenvalue weighted by Crippen LogP contribution is -2.15. The molecule has 1 amide bonds. The second-order valence-electron chi connectivity index (χ2n) is 7.05. The Bertz CT molecular complexity index is 885. The Kier molecular flexibility index (Phi) is 6.98. The molecule has 0 unspecified atom stereocenters. The summed E-state index contributed by atoms with van der Waals surface area (Å²) in [5.41, 5.74) is 4.66. The normalized spacial score (nSPS) is 11.5. The van der Waals surface area contributed by atoms with Crippen LogP contribution in [0.2, 0.25) is 0 Å². The molecule has 0 saturated carbocycles. The first kappa shape index (κ1) is 20.5. The van der Waals surface area contributed by atoms with Crippen molar-refractivity contribution in [2.75, 3.05) is 12.4 Å². The van der Waals surface area contributed by atoms with E-state index in [-0.39, 0.29) is 5.57 Å². The van der Waals surface area contributed by atoms with Crippen molar-refractivity contribution in [1.29, 1.82) is 5.26 Å². The highest BCUT2D eigenvalue weighted by molar-refractivity contribution is 6.10. The van der Waals surface area contributed by atoms with Crippen LogP contribution >= 0.6 is 0 Å². The summed E-state index contributed by atoms with van der Waals surface area (Å²) in [6, 6.07) is 11.4. The van der Waals surface area contributed by atoms with Crippen LogP contribution in [0, 0.1) is 31.1 Å². The van der Waals surface area contributed by atoms with Crippen molar-refractivity contribution in [1.82, 2.24) is 4.57 Å². The van der Waals surface area contributed by atoms with Gasteiger partial charge in [0.2, 0.25) is 0 Å². The molecule has 0 radical (unpaired) electrons. The maximum atomic E-state index is 12.6. The topological polar surface area (TPSA) is 67.0 Å². The summed E-state index contributed by atoms with van der Waals surface area (Å²) in [6.45, 7) is 9.68. The predicted molar refractivity (Wildman–Crippen MR) is 108 cm³/mol. The molecule has 5 heteroatoms. The van der Waals surface area contributed by atoms with Crippen molar-refractivity contribution in [2.24, 2.45) is 5.92 Å². The standard InChI is InChI=1S/C22H27N3O2/c1-15(2)13-25-16(3)10-19(17(25)4)11-20(12-23)22(26)24-21-9-7-6-8-18(21)14-27-5/h6-11,15H,13-14H2,1-5H3,(H,24,26)/b20-11+. The van der Waals surface area contributed by atoms with Crippen LogP contribution in [-0.4, -0.2) is 17.6 Å². The Balaban J connectivity index is 2.29. The number of hydrogen-bond acceptors (Lipinski definition) is 3. The largest absolute Gasteiger partial charge is 0.380 e. The number of carbonyl (C=O) groups is 1.